The molecular weight excluding hydrogens is 286 g/mol. The molecule has 23 heavy (non-hydrogen) atoms. The highest BCUT2D eigenvalue weighted by atomic mass is 15.1. The lowest BCUT2D eigenvalue weighted by atomic mass is 10.2. The van der Waals surface area contributed by atoms with Crippen molar-refractivity contribution in [1.29, 1.82) is 5.26 Å². The fourth-order valence-electron chi connectivity index (χ4n) is 2.44. The predicted octanol–water partition coefficient (Wildman–Crippen LogP) is 3.28. The quantitative estimate of drug-likeness (QED) is 0.698. The van der Waals surface area contributed by atoms with Gasteiger partial charge in [0.1, 0.15) is 6.07 Å². The highest BCUT2D eigenvalue weighted by molar-refractivity contribution is 6.11. The summed E-state index contributed by atoms with van der Waals surface area (Å²) >= 11 is 0. The maximum atomic E-state index is 9.49. The number of aryl methyl sites for hydroxylation is 1. The van der Waals surface area contributed by atoms with Crippen molar-refractivity contribution in [3.05, 3.63) is 54.4 Å². The summed E-state index contributed by atoms with van der Waals surface area (Å²) in [4.78, 5) is 11.0. The molecule has 0 aliphatic carbocycles. The van der Waals surface area contributed by atoms with E-state index in [0.29, 0.717) is 11.5 Å². The lowest BCUT2D eigenvalue weighted by molar-refractivity contribution is 0.931. The SMILES string of the molecule is CN(C)c1ccc(N=C(C#N)c2nc3ccccc3n2C)cc1. The predicted molar refractivity (Wildman–Crippen MR) is 93.3 cm³/mol. The molecule has 0 amide bonds. The van der Waals surface area contributed by atoms with Gasteiger partial charge in [0.25, 0.3) is 0 Å². The zero-order valence-electron chi connectivity index (χ0n) is 13.4. The highest BCUT2D eigenvalue weighted by Crippen LogP contribution is 2.20. The molecule has 0 radical (unpaired) electrons. The average Bonchev–Trinajstić information content (AvgIpc) is 2.90. The van der Waals surface area contributed by atoms with Crippen LogP contribution in [0.3, 0.4) is 0 Å². The highest BCUT2D eigenvalue weighted by Gasteiger charge is 2.13. The lowest BCUT2D eigenvalue weighted by Gasteiger charge is -2.11. The molecule has 5 nitrogen and oxygen atoms in total. The molecule has 0 spiro atoms. The maximum absolute atomic E-state index is 9.49. The first kappa shape index (κ1) is 14.8. The fourth-order valence-corrected chi connectivity index (χ4v) is 2.44. The summed E-state index contributed by atoms with van der Waals surface area (Å²) in [7, 11) is 5.86. The van der Waals surface area contributed by atoms with Crippen LogP contribution in [0.1, 0.15) is 5.82 Å². The Labute approximate surface area is 135 Å². The maximum Gasteiger partial charge on any atom is 0.184 e. The van der Waals surface area contributed by atoms with Gasteiger partial charge in [0.05, 0.1) is 16.7 Å². The topological polar surface area (TPSA) is 57.2 Å². The number of fused-ring (bicyclic) bond motifs is 1. The summed E-state index contributed by atoms with van der Waals surface area (Å²) < 4.78 is 1.89. The van der Waals surface area contributed by atoms with Gasteiger partial charge < -0.3 is 9.47 Å². The number of benzene rings is 2. The van der Waals surface area contributed by atoms with Gasteiger partial charge in [-0.15, -0.1) is 0 Å². The van der Waals surface area contributed by atoms with E-state index < -0.39 is 0 Å². The Morgan fingerprint density at radius 2 is 1.83 bits per heavy atom. The van der Waals surface area contributed by atoms with Crippen molar-refractivity contribution < 1.29 is 0 Å². The van der Waals surface area contributed by atoms with E-state index in [9.17, 15) is 5.26 Å². The van der Waals surface area contributed by atoms with Crippen LogP contribution in [0.5, 0.6) is 0 Å². The number of aliphatic imine (C=N–C) groups is 1. The van der Waals surface area contributed by atoms with Crippen LogP contribution >= 0.6 is 0 Å². The number of para-hydroxylation sites is 2. The van der Waals surface area contributed by atoms with Gasteiger partial charge in [-0.3, -0.25) is 0 Å². The molecule has 0 unspecified atom stereocenters. The van der Waals surface area contributed by atoms with E-state index in [1.165, 1.54) is 0 Å². The third-order valence-corrected chi connectivity index (χ3v) is 3.71. The van der Waals surface area contributed by atoms with Gasteiger partial charge in [-0.05, 0) is 36.4 Å². The largest absolute Gasteiger partial charge is 0.378 e. The summed E-state index contributed by atoms with van der Waals surface area (Å²) in [5.41, 5.74) is 3.97. The number of nitriles is 1. The van der Waals surface area contributed by atoms with Crippen molar-refractivity contribution in [3.63, 3.8) is 0 Å². The Kier molecular flexibility index (Phi) is 3.82. The number of hydrogen-bond donors (Lipinski definition) is 0. The average molecular weight is 303 g/mol. The Balaban J connectivity index is 2.04. The van der Waals surface area contributed by atoms with Crippen LogP contribution in [0, 0.1) is 11.3 Å². The second-order valence-corrected chi connectivity index (χ2v) is 5.47. The Morgan fingerprint density at radius 1 is 1.13 bits per heavy atom. The zero-order valence-corrected chi connectivity index (χ0v) is 13.4. The van der Waals surface area contributed by atoms with Crippen molar-refractivity contribution in [3.8, 4) is 6.07 Å². The number of aromatic nitrogens is 2. The molecule has 0 aliphatic rings. The summed E-state index contributed by atoms with van der Waals surface area (Å²) in [6.07, 6.45) is 0. The second-order valence-electron chi connectivity index (χ2n) is 5.47. The molecule has 0 atom stereocenters. The van der Waals surface area contributed by atoms with Crippen molar-refractivity contribution >= 4 is 28.1 Å². The molecule has 0 saturated carbocycles. The van der Waals surface area contributed by atoms with Gasteiger partial charge in [0.15, 0.2) is 11.5 Å². The fraction of sp³-hybridized carbons (Fsp3) is 0.167. The van der Waals surface area contributed by atoms with Crippen molar-refractivity contribution in [2.45, 2.75) is 0 Å². The van der Waals surface area contributed by atoms with Crippen LogP contribution in [0.25, 0.3) is 11.0 Å². The number of anilines is 1. The summed E-state index contributed by atoms with van der Waals surface area (Å²) in [6, 6.07) is 17.7. The van der Waals surface area contributed by atoms with Gasteiger partial charge in [-0.1, -0.05) is 12.1 Å². The minimum atomic E-state index is 0.307. The van der Waals surface area contributed by atoms with E-state index in [-0.39, 0.29) is 0 Å². The van der Waals surface area contributed by atoms with Crippen LogP contribution in [0.4, 0.5) is 11.4 Å². The molecule has 5 heteroatoms. The molecule has 2 aromatic carbocycles. The van der Waals surface area contributed by atoms with E-state index in [0.717, 1.165) is 22.4 Å². The molecule has 3 aromatic rings. The van der Waals surface area contributed by atoms with E-state index >= 15 is 0 Å². The van der Waals surface area contributed by atoms with Crippen LogP contribution < -0.4 is 4.90 Å². The second kappa shape index (κ2) is 5.93. The summed E-state index contributed by atoms with van der Waals surface area (Å²) in [6.45, 7) is 0. The van der Waals surface area contributed by atoms with Crippen LogP contribution in [-0.4, -0.2) is 29.4 Å². The first-order chi connectivity index (χ1) is 11.1. The molecule has 0 N–H and O–H groups in total. The van der Waals surface area contributed by atoms with Gasteiger partial charge in [-0.2, -0.15) is 5.26 Å². The van der Waals surface area contributed by atoms with Crippen LogP contribution in [0.15, 0.2) is 53.5 Å². The zero-order chi connectivity index (χ0) is 16.4. The van der Waals surface area contributed by atoms with Crippen molar-refractivity contribution in [2.24, 2.45) is 12.0 Å². The molecular formula is C18H17N5. The van der Waals surface area contributed by atoms with Crippen LogP contribution in [-0.2, 0) is 7.05 Å². The molecule has 0 bridgehead atoms. The van der Waals surface area contributed by atoms with E-state index in [4.69, 9.17) is 0 Å². The van der Waals surface area contributed by atoms with Crippen LogP contribution in [0.2, 0.25) is 0 Å². The molecule has 1 heterocycles. The standard InChI is InChI=1S/C18H17N5/c1-22(2)14-10-8-13(9-11-14)20-16(12-19)18-21-15-6-4-5-7-17(15)23(18)3/h4-11H,1-3H3. The first-order valence-electron chi connectivity index (χ1n) is 7.28. The van der Waals surface area contributed by atoms with E-state index in [2.05, 4.69) is 16.0 Å². The van der Waals surface area contributed by atoms with Gasteiger partial charge in [0.2, 0.25) is 0 Å². The van der Waals surface area contributed by atoms with Gasteiger partial charge >= 0.3 is 0 Å². The molecule has 0 saturated heterocycles. The van der Waals surface area contributed by atoms with Gasteiger partial charge in [-0.25, -0.2) is 9.98 Å². The Hall–Kier alpha value is -3.13. The number of imidazole rings is 1. The number of rotatable bonds is 3. The summed E-state index contributed by atoms with van der Waals surface area (Å²) in [5, 5.41) is 9.49. The number of nitrogens with zero attached hydrogens (tertiary/aromatic N) is 5. The van der Waals surface area contributed by atoms with Crippen molar-refractivity contribution in [1.82, 2.24) is 9.55 Å². The monoisotopic (exact) mass is 303 g/mol. The molecule has 3 rings (SSSR count). The summed E-state index contributed by atoms with van der Waals surface area (Å²) in [5.74, 6) is 0.574. The Morgan fingerprint density at radius 3 is 2.43 bits per heavy atom. The molecule has 1 aromatic heterocycles. The number of hydrogen-bond acceptors (Lipinski definition) is 4. The van der Waals surface area contributed by atoms with E-state index in [1.807, 2.05) is 79.1 Å². The first-order valence-corrected chi connectivity index (χ1v) is 7.28. The molecule has 114 valence electrons. The third-order valence-electron chi connectivity index (χ3n) is 3.71. The smallest absolute Gasteiger partial charge is 0.184 e. The van der Waals surface area contributed by atoms with Gasteiger partial charge in [0, 0.05) is 26.8 Å². The minimum absolute atomic E-state index is 0.307. The molecule has 0 fully saturated rings. The molecule has 0 aliphatic heterocycles. The lowest BCUT2D eigenvalue weighted by Crippen LogP contribution is -2.08. The third kappa shape index (κ3) is 2.79. The minimum Gasteiger partial charge on any atom is -0.378 e. The van der Waals surface area contributed by atoms with Crippen molar-refractivity contribution in [2.75, 3.05) is 19.0 Å². The Bertz CT molecular complexity index is 911. The normalized spacial score (nSPS) is 11.5. The van der Waals surface area contributed by atoms with E-state index in [1.54, 1.807) is 0 Å².